The van der Waals surface area contributed by atoms with Gasteiger partial charge in [-0.3, -0.25) is 0 Å². The molecule has 0 radical (unpaired) electrons. The summed E-state index contributed by atoms with van der Waals surface area (Å²) in [5.41, 5.74) is 0. The van der Waals surface area contributed by atoms with Crippen molar-refractivity contribution in [3.8, 4) is 0 Å². The molecule has 0 saturated heterocycles. The Kier molecular flexibility index (Phi) is 17.9. The monoisotopic (exact) mass is 414 g/mol. The van der Waals surface area contributed by atoms with Crippen molar-refractivity contribution in [1.29, 1.82) is 0 Å². The average Bonchev–Trinajstić information content (AvgIpc) is 3.05. The number of allylic oxidation sites excluding steroid dienone is 2. The molecule has 0 aliphatic carbocycles. The van der Waals surface area contributed by atoms with Gasteiger partial charge in [-0.25, -0.2) is 9.48 Å². The molecular formula is C23H43ClN2O2. The van der Waals surface area contributed by atoms with E-state index in [9.17, 15) is 10.2 Å². The Morgan fingerprint density at radius 2 is 1.36 bits per heavy atom. The summed E-state index contributed by atoms with van der Waals surface area (Å²) in [6.07, 6.45) is 25.1. The molecule has 1 aliphatic rings. The quantitative estimate of drug-likeness (QED) is 0.205. The third-order valence-corrected chi connectivity index (χ3v) is 5.50. The first-order valence-electron chi connectivity index (χ1n) is 11.3. The fourth-order valence-electron chi connectivity index (χ4n) is 3.79. The van der Waals surface area contributed by atoms with Crippen molar-refractivity contribution in [3.63, 3.8) is 0 Å². The molecule has 0 amide bonds. The van der Waals surface area contributed by atoms with Crippen LogP contribution in [0.1, 0.15) is 90.4 Å². The number of nitrogens with zero attached hydrogens (tertiary/aromatic N) is 2. The van der Waals surface area contributed by atoms with Crippen molar-refractivity contribution in [2.24, 2.45) is 4.99 Å². The minimum Gasteiger partial charge on any atom is -1.00 e. The topological polar surface area (TPSA) is 52.8 Å². The number of aliphatic hydroxyl groups is 2. The molecule has 1 rings (SSSR count). The maximum Gasteiger partial charge on any atom is 0.207 e. The van der Waals surface area contributed by atoms with Crippen molar-refractivity contribution in [2.75, 3.05) is 26.3 Å². The van der Waals surface area contributed by atoms with E-state index in [2.05, 4.69) is 24.1 Å². The second kappa shape index (κ2) is 18.4. The Morgan fingerprint density at radius 3 is 1.93 bits per heavy atom. The molecule has 0 unspecified atom stereocenters. The van der Waals surface area contributed by atoms with Crippen molar-refractivity contribution in [2.45, 2.75) is 90.4 Å². The lowest BCUT2D eigenvalue weighted by atomic mass is 10.1. The lowest BCUT2D eigenvalue weighted by Gasteiger charge is -2.31. The number of amidine groups is 1. The summed E-state index contributed by atoms with van der Waals surface area (Å²) in [4.78, 5) is 4.50. The Balaban J connectivity index is 0.00000729. The predicted octanol–water partition coefficient (Wildman–Crippen LogP) is 2.32. The summed E-state index contributed by atoms with van der Waals surface area (Å²) in [5, 5.41) is 18.7. The first-order valence-corrected chi connectivity index (χ1v) is 11.3. The van der Waals surface area contributed by atoms with E-state index >= 15 is 0 Å². The Bertz CT molecular complexity index is 444. The summed E-state index contributed by atoms with van der Waals surface area (Å²) in [6, 6.07) is 0. The second-order valence-corrected chi connectivity index (χ2v) is 7.75. The molecule has 1 aliphatic heterocycles. The minimum atomic E-state index is 0. The van der Waals surface area contributed by atoms with Gasteiger partial charge in [0.2, 0.25) is 5.84 Å². The van der Waals surface area contributed by atoms with Crippen LogP contribution in [0.3, 0.4) is 0 Å². The molecule has 0 aromatic carbocycles. The number of unbranched alkanes of at least 4 members (excludes halogenated alkanes) is 10. The van der Waals surface area contributed by atoms with Crippen molar-refractivity contribution >= 4 is 5.84 Å². The summed E-state index contributed by atoms with van der Waals surface area (Å²) in [7, 11) is 0. The number of hydrogen-bond donors (Lipinski definition) is 2. The molecule has 2 N–H and O–H groups in total. The van der Waals surface area contributed by atoms with Crippen LogP contribution in [-0.4, -0.2) is 46.8 Å². The average molecular weight is 415 g/mol. The molecule has 4 nitrogen and oxygen atoms in total. The fraction of sp³-hybridized carbons (Fsp3) is 0.783. The van der Waals surface area contributed by atoms with Crippen LogP contribution < -0.4 is 12.4 Å². The maximum absolute atomic E-state index is 9.34. The Morgan fingerprint density at radius 1 is 0.821 bits per heavy atom. The number of aliphatic imine (C=N–C) groups is 1. The van der Waals surface area contributed by atoms with Crippen LogP contribution in [0.5, 0.6) is 0 Å². The highest BCUT2D eigenvalue weighted by Gasteiger charge is 2.33. The van der Waals surface area contributed by atoms with Crippen LogP contribution in [0.15, 0.2) is 29.5 Å². The molecule has 1 heterocycles. The Labute approximate surface area is 179 Å². The molecule has 5 heteroatoms. The SMILES string of the molecule is CCCCCCCC/C=C\CCCCCCC1=NC=C[N+]1(CCO)CCO.[Cl-]. The van der Waals surface area contributed by atoms with Gasteiger partial charge < -0.3 is 22.6 Å². The van der Waals surface area contributed by atoms with Crippen LogP contribution in [0, 0.1) is 0 Å². The third-order valence-electron chi connectivity index (χ3n) is 5.50. The van der Waals surface area contributed by atoms with Gasteiger partial charge in [-0.05, 0) is 32.1 Å². The van der Waals surface area contributed by atoms with Gasteiger partial charge in [-0.1, -0.05) is 64.0 Å². The lowest BCUT2D eigenvalue weighted by Crippen LogP contribution is -3.00. The van der Waals surface area contributed by atoms with Crippen LogP contribution in [0.4, 0.5) is 0 Å². The highest BCUT2D eigenvalue weighted by Crippen LogP contribution is 2.21. The number of rotatable bonds is 18. The zero-order valence-electron chi connectivity index (χ0n) is 18.0. The van der Waals surface area contributed by atoms with Gasteiger partial charge in [-0.2, -0.15) is 0 Å². The summed E-state index contributed by atoms with van der Waals surface area (Å²) in [5.74, 6) is 1.09. The molecule has 0 saturated carbocycles. The number of halogens is 1. The van der Waals surface area contributed by atoms with Gasteiger partial charge >= 0.3 is 0 Å². The van der Waals surface area contributed by atoms with Crippen molar-refractivity contribution in [1.82, 2.24) is 0 Å². The molecule has 0 aromatic heterocycles. The summed E-state index contributed by atoms with van der Waals surface area (Å²) < 4.78 is 0.536. The first kappa shape index (κ1) is 27.3. The zero-order valence-corrected chi connectivity index (χ0v) is 18.8. The summed E-state index contributed by atoms with van der Waals surface area (Å²) in [6.45, 7) is 3.73. The zero-order chi connectivity index (χ0) is 19.6. The van der Waals surface area contributed by atoms with E-state index in [4.69, 9.17) is 0 Å². The predicted molar refractivity (Wildman–Crippen MR) is 116 cm³/mol. The standard InChI is InChI=1S/C23H43N2O2.ClH/c1-2-3-4-5-6-7-8-9-10-11-12-13-14-15-16-23-24-17-18-25(23,19-21-26)20-22-27;/h9-10,17-18,26-27H,2-8,11-16,19-22H2,1H3;1H/q+1;/p-1/b10-9-;. The molecule has 0 aromatic rings. The third kappa shape index (κ3) is 11.4. The van der Waals surface area contributed by atoms with Gasteiger partial charge in [0.15, 0.2) is 0 Å². The normalized spacial score (nSPS) is 15.2. The van der Waals surface area contributed by atoms with E-state index in [1.54, 1.807) is 0 Å². The van der Waals surface area contributed by atoms with Gasteiger partial charge in [-0.15, -0.1) is 0 Å². The smallest absolute Gasteiger partial charge is 0.207 e. The second-order valence-electron chi connectivity index (χ2n) is 7.75. The molecular weight excluding hydrogens is 372 g/mol. The van der Waals surface area contributed by atoms with Crippen LogP contribution >= 0.6 is 0 Å². The molecule has 28 heavy (non-hydrogen) atoms. The lowest BCUT2D eigenvalue weighted by molar-refractivity contribution is -0.789. The number of aliphatic hydroxyl groups excluding tert-OH is 2. The van der Waals surface area contributed by atoms with Crippen LogP contribution in [-0.2, 0) is 0 Å². The van der Waals surface area contributed by atoms with Crippen LogP contribution in [0.2, 0.25) is 0 Å². The molecule has 0 spiro atoms. The van der Waals surface area contributed by atoms with Gasteiger partial charge in [0.25, 0.3) is 0 Å². The number of hydrogen-bond acceptors (Lipinski definition) is 3. The molecule has 0 bridgehead atoms. The van der Waals surface area contributed by atoms with E-state index in [0.717, 1.165) is 18.7 Å². The molecule has 164 valence electrons. The molecule has 0 atom stereocenters. The highest BCUT2D eigenvalue weighted by molar-refractivity contribution is 5.78. The van der Waals surface area contributed by atoms with Crippen molar-refractivity contribution in [3.05, 3.63) is 24.6 Å². The van der Waals surface area contributed by atoms with E-state index in [1.165, 1.54) is 70.6 Å². The summed E-state index contributed by atoms with van der Waals surface area (Å²) >= 11 is 0. The van der Waals surface area contributed by atoms with Gasteiger partial charge in [0.05, 0.1) is 19.4 Å². The van der Waals surface area contributed by atoms with E-state index in [1.807, 2.05) is 12.4 Å². The first-order chi connectivity index (χ1) is 13.3. The Hall–Kier alpha value is -0.680. The largest absolute Gasteiger partial charge is 1.00 e. The van der Waals surface area contributed by atoms with E-state index < -0.39 is 0 Å². The highest BCUT2D eigenvalue weighted by atomic mass is 35.5. The number of quaternary nitrogens is 1. The minimum absolute atomic E-state index is 0. The van der Waals surface area contributed by atoms with Crippen molar-refractivity contribution < 1.29 is 27.1 Å². The fourth-order valence-corrected chi connectivity index (χ4v) is 3.79. The molecule has 0 fully saturated rings. The van der Waals surface area contributed by atoms with Gasteiger partial charge in [0, 0.05) is 6.42 Å². The van der Waals surface area contributed by atoms with Crippen LogP contribution in [0.25, 0.3) is 0 Å². The van der Waals surface area contributed by atoms with Gasteiger partial charge in [0.1, 0.15) is 19.3 Å². The van der Waals surface area contributed by atoms with E-state index in [0.29, 0.717) is 17.6 Å². The van der Waals surface area contributed by atoms with E-state index in [-0.39, 0.29) is 25.6 Å². The maximum atomic E-state index is 9.34.